The molecule has 0 saturated heterocycles. The first kappa shape index (κ1) is 14.5. The van der Waals surface area contributed by atoms with E-state index in [1.165, 1.54) is 4.52 Å². The largest absolute Gasteiger partial charge is 0.444 e. The van der Waals surface area contributed by atoms with Crippen molar-refractivity contribution < 1.29 is 9.53 Å². The molecule has 0 aromatic carbocycles. The summed E-state index contributed by atoms with van der Waals surface area (Å²) < 4.78 is 6.57. The van der Waals surface area contributed by atoms with E-state index in [1.54, 1.807) is 39.1 Å². The Morgan fingerprint density at radius 2 is 2.19 bits per heavy atom. The Morgan fingerprint density at radius 3 is 2.86 bits per heavy atom. The number of hydrogen-bond donors (Lipinski definition) is 2. The van der Waals surface area contributed by atoms with Crippen molar-refractivity contribution in [3.05, 3.63) is 18.0 Å². The monoisotopic (exact) mass is 289 g/mol. The fourth-order valence-electron chi connectivity index (χ4n) is 1.53. The maximum atomic E-state index is 11.6. The lowest BCUT2D eigenvalue weighted by Gasteiger charge is -2.19. The van der Waals surface area contributed by atoms with E-state index in [4.69, 9.17) is 10.00 Å². The third kappa shape index (κ3) is 3.79. The van der Waals surface area contributed by atoms with Crippen molar-refractivity contribution in [2.45, 2.75) is 32.9 Å². The van der Waals surface area contributed by atoms with Crippen LogP contribution in [0, 0.1) is 11.5 Å². The fourth-order valence-corrected chi connectivity index (χ4v) is 1.53. The minimum Gasteiger partial charge on any atom is -0.444 e. The van der Waals surface area contributed by atoms with Gasteiger partial charge in [-0.05, 0) is 32.9 Å². The normalized spacial score (nSPS) is 11.0. The number of alkyl carbamates (subject to hydrolysis) is 1. The zero-order valence-corrected chi connectivity index (χ0v) is 11.9. The molecule has 0 bridgehead atoms. The molecule has 110 valence electrons. The molecule has 0 radical (unpaired) electrons. The van der Waals surface area contributed by atoms with Crippen molar-refractivity contribution >= 4 is 17.6 Å². The average Bonchev–Trinajstić information content (AvgIpc) is 2.77. The number of hydrogen-bond acceptors (Lipinski definition) is 7. The Kier molecular flexibility index (Phi) is 3.89. The summed E-state index contributed by atoms with van der Waals surface area (Å²) in [4.78, 5) is 11.6. The second kappa shape index (κ2) is 5.62. The summed E-state index contributed by atoms with van der Waals surface area (Å²) in [5.41, 5.74) is -0.0569. The number of ether oxygens (including phenoxy) is 1. The molecule has 1 amide bonds. The highest BCUT2D eigenvalue weighted by Crippen LogP contribution is 2.08. The zero-order valence-electron chi connectivity index (χ0n) is 11.9. The molecule has 2 rings (SSSR count). The summed E-state index contributed by atoms with van der Waals surface area (Å²) in [6.45, 7) is 5.44. The molecule has 9 nitrogen and oxygen atoms in total. The number of nitrogens with zero attached hydrogens (tertiary/aromatic N) is 5. The Labute approximate surface area is 120 Å². The lowest BCUT2D eigenvalue weighted by molar-refractivity contribution is 0.0522. The van der Waals surface area contributed by atoms with E-state index in [9.17, 15) is 4.79 Å². The summed E-state index contributed by atoms with van der Waals surface area (Å²) >= 11 is 0. The van der Waals surface area contributed by atoms with E-state index in [1.807, 2.05) is 0 Å². The summed E-state index contributed by atoms with van der Waals surface area (Å²) in [7, 11) is 0. The lowest BCUT2D eigenvalue weighted by Crippen LogP contribution is -2.32. The molecule has 0 aliphatic heterocycles. The lowest BCUT2D eigenvalue weighted by atomic mass is 10.2. The van der Waals surface area contributed by atoms with Crippen molar-refractivity contribution in [2.75, 3.05) is 5.32 Å². The van der Waals surface area contributed by atoms with Crippen LogP contribution in [0.25, 0.3) is 5.65 Å². The van der Waals surface area contributed by atoms with Crippen LogP contribution in [0.3, 0.4) is 0 Å². The van der Waals surface area contributed by atoms with Crippen molar-refractivity contribution in [2.24, 2.45) is 0 Å². The first-order valence-corrected chi connectivity index (χ1v) is 6.22. The fraction of sp³-hybridized carbons (Fsp3) is 0.417. The second-order valence-electron chi connectivity index (χ2n) is 5.20. The summed E-state index contributed by atoms with van der Waals surface area (Å²) in [6, 6.07) is 3.27. The van der Waals surface area contributed by atoms with Crippen LogP contribution in [0.15, 0.2) is 12.1 Å². The van der Waals surface area contributed by atoms with E-state index in [-0.39, 0.29) is 6.54 Å². The number of nitriles is 1. The van der Waals surface area contributed by atoms with Gasteiger partial charge in [-0.1, -0.05) is 0 Å². The van der Waals surface area contributed by atoms with Gasteiger partial charge in [0.1, 0.15) is 5.60 Å². The van der Waals surface area contributed by atoms with Crippen LogP contribution in [-0.2, 0) is 11.3 Å². The minimum atomic E-state index is -0.570. The number of rotatable bonds is 3. The Bertz CT molecular complexity index is 696. The number of aromatic nitrogens is 4. The smallest absolute Gasteiger partial charge is 0.408 e. The highest BCUT2D eigenvalue weighted by Gasteiger charge is 2.16. The standard InChI is InChI=1S/C12H15N7O2/c1-12(2,3)21-11(20)14-6-10-17-16-9-5-4-8(15-7-13)18-19(9)10/h4-5H,6H2,1-3H3,(H,14,20)(H,15,18). The van der Waals surface area contributed by atoms with Crippen molar-refractivity contribution in [3.8, 4) is 6.19 Å². The SMILES string of the molecule is CC(C)(C)OC(=O)NCc1nnc2ccc(NC#N)nn12. The number of nitrogens with one attached hydrogen (secondary N) is 2. The number of amides is 1. The first-order valence-electron chi connectivity index (χ1n) is 6.22. The van der Waals surface area contributed by atoms with Gasteiger partial charge >= 0.3 is 6.09 Å². The molecular weight excluding hydrogens is 274 g/mol. The third-order valence-electron chi connectivity index (χ3n) is 2.30. The van der Waals surface area contributed by atoms with E-state index >= 15 is 0 Å². The molecule has 0 saturated carbocycles. The molecule has 21 heavy (non-hydrogen) atoms. The molecule has 2 heterocycles. The molecule has 0 atom stereocenters. The molecular formula is C12H15N7O2. The second-order valence-corrected chi connectivity index (χ2v) is 5.20. The summed E-state index contributed by atoms with van der Waals surface area (Å²) in [5.74, 6) is 0.792. The highest BCUT2D eigenvalue weighted by molar-refractivity contribution is 5.67. The van der Waals surface area contributed by atoms with Crippen LogP contribution < -0.4 is 10.6 Å². The molecule has 2 aromatic rings. The van der Waals surface area contributed by atoms with Crippen LogP contribution in [-0.4, -0.2) is 31.5 Å². The van der Waals surface area contributed by atoms with Crippen LogP contribution in [0.4, 0.5) is 10.6 Å². The quantitative estimate of drug-likeness (QED) is 0.640. The summed E-state index contributed by atoms with van der Waals surface area (Å²) in [5, 5.41) is 25.6. The number of anilines is 1. The van der Waals surface area contributed by atoms with Gasteiger partial charge < -0.3 is 10.1 Å². The zero-order chi connectivity index (χ0) is 15.5. The molecule has 0 spiro atoms. The number of carbonyl (C=O) groups is 1. The number of carbonyl (C=O) groups excluding carboxylic acids is 1. The summed E-state index contributed by atoms with van der Waals surface area (Å²) in [6.07, 6.45) is 1.23. The van der Waals surface area contributed by atoms with Crippen LogP contribution >= 0.6 is 0 Å². The van der Waals surface area contributed by atoms with Crippen LogP contribution in [0.5, 0.6) is 0 Å². The molecule has 0 unspecified atom stereocenters. The maximum absolute atomic E-state index is 11.6. The Morgan fingerprint density at radius 1 is 1.43 bits per heavy atom. The van der Waals surface area contributed by atoms with Crippen molar-refractivity contribution in [1.29, 1.82) is 5.26 Å². The van der Waals surface area contributed by atoms with Gasteiger partial charge in [-0.25, -0.2) is 4.79 Å². The molecule has 0 aliphatic carbocycles. The van der Waals surface area contributed by atoms with Gasteiger partial charge in [-0.15, -0.1) is 15.3 Å². The maximum Gasteiger partial charge on any atom is 0.408 e. The van der Waals surface area contributed by atoms with E-state index in [2.05, 4.69) is 25.9 Å². The van der Waals surface area contributed by atoms with E-state index < -0.39 is 11.7 Å². The van der Waals surface area contributed by atoms with Gasteiger partial charge in [0.05, 0.1) is 6.54 Å². The van der Waals surface area contributed by atoms with E-state index in [0.29, 0.717) is 17.3 Å². The van der Waals surface area contributed by atoms with Gasteiger partial charge in [0.15, 0.2) is 23.5 Å². The Balaban J connectivity index is 2.10. The third-order valence-corrected chi connectivity index (χ3v) is 2.30. The minimum absolute atomic E-state index is 0.110. The van der Waals surface area contributed by atoms with Gasteiger partial charge in [-0.3, -0.25) is 5.32 Å². The molecule has 9 heteroatoms. The molecule has 0 fully saturated rings. The van der Waals surface area contributed by atoms with Gasteiger partial charge in [0, 0.05) is 0 Å². The average molecular weight is 289 g/mol. The van der Waals surface area contributed by atoms with Gasteiger partial charge in [0.25, 0.3) is 0 Å². The Hall–Kier alpha value is -2.89. The number of fused-ring (bicyclic) bond motifs is 1. The van der Waals surface area contributed by atoms with Crippen molar-refractivity contribution in [1.82, 2.24) is 25.1 Å². The predicted octanol–water partition coefficient (Wildman–Crippen LogP) is 1.04. The predicted molar refractivity (Wildman–Crippen MR) is 73.1 cm³/mol. The molecule has 0 aliphatic rings. The topological polar surface area (TPSA) is 117 Å². The molecule has 2 N–H and O–H groups in total. The van der Waals surface area contributed by atoms with Crippen molar-refractivity contribution in [3.63, 3.8) is 0 Å². The van der Waals surface area contributed by atoms with Gasteiger partial charge in [-0.2, -0.15) is 9.78 Å². The van der Waals surface area contributed by atoms with Crippen LogP contribution in [0.1, 0.15) is 26.6 Å². The highest BCUT2D eigenvalue weighted by atomic mass is 16.6. The first-order chi connectivity index (χ1) is 9.89. The van der Waals surface area contributed by atoms with E-state index in [0.717, 1.165) is 0 Å². The molecule has 2 aromatic heterocycles. The van der Waals surface area contributed by atoms with Crippen LogP contribution in [0.2, 0.25) is 0 Å². The van der Waals surface area contributed by atoms with Gasteiger partial charge in [0.2, 0.25) is 0 Å².